The number of anilines is 1. The van der Waals surface area contributed by atoms with Crippen molar-refractivity contribution in [3.63, 3.8) is 0 Å². The van der Waals surface area contributed by atoms with Gasteiger partial charge in [0, 0.05) is 5.56 Å². The molecule has 0 saturated heterocycles. The van der Waals surface area contributed by atoms with Crippen LogP contribution in [0.1, 0.15) is 28.3 Å². The Hall–Kier alpha value is -2.93. The second-order valence-electron chi connectivity index (χ2n) is 5.75. The molecule has 1 aliphatic heterocycles. The number of fused-ring (bicyclic) bond motifs is 1. The summed E-state index contributed by atoms with van der Waals surface area (Å²) in [4.78, 5) is 37.4. The molecule has 1 unspecified atom stereocenters. The lowest BCUT2D eigenvalue weighted by Crippen LogP contribution is -2.44. The summed E-state index contributed by atoms with van der Waals surface area (Å²) in [6, 6.07) is 9.58. The van der Waals surface area contributed by atoms with E-state index in [4.69, 9.17) is 10.2 Å². The van der Waals surface area contributed by atoms with Crippen LogP contribution in [-0.2, 0) is 15.2 Å². The van der Waals surface area contributed by atoms with Crippen LogP contribution in [0.15, 0.2) is 40.8 Å². The van der Waals surface area contributed by atoms with E-state index in [1.165, 1.54) is 6.07 Å². The number of hydrogen-bond acceptors (Lipinski definition) is 5. The van der Waals surface area contributed by atoms with E-state index >= 15 is 0 Å². The largest absolute Gasteiger partial charge is 0.458 e. The Morgan fingerprint density at radius 1 is 1.25 bits per heavy atom. The molecule has 0 bridgehead atoms. The van der Waals surface area contributed by atoms with Gasteiger partial charge in [0.05, 0.1) is 12.1 Å². The van der Waals surface area contributed by atoms with Gasteiger partial charge in [0.2, 0.25) is 11.7 Å². The predicted molar refractivity (Wildman–Crippen MR) is 84.3 cm³/mol. The number of benzene rings is 1. The number of ketones is 1. The number of furan rings is 1. The number of aryl methyl sites for hydroxylation is 1. The van der Waals surface area contributed by atoms with Crippen LogP contribution in [0.3, 0.4) is 0 Å². The lowest BCUT2D eigenvalue weighted by Gasteiger charge is -2.21. The predicted octanol–water partition coefficient (Wildman–Crippen LogP) is 0.881. The third-order valence-electron chi connectivity index (χ3n) is 3.98. The molecule has 2 heterocycles. The number of nitrogens with zero attached hydrogens (tertiary/aromatic N) is 1. The molecule has 0 radical (unpaired) electrons. The van der Waals surface area contributed by atoms with Crippen LogP contribution < -0.4 is 10.6 Å². The number of hydrogen-bond donors (Lipinski definition) is 2. The van der Waals surface area contributed by atoms with Crippen LogP contribution >= 0.6 is 0 Å². The molecule has 0 saturated carbocycles. The van der Waals surface area contributed by atoms with Crippen molar-refractivity contribution >= 4 is 23.3 Å². The van der Waals surface area contributed by atoms with E-state index < -0.39 is 29.6 Å². The molecule has 0 spiro atoms. The molecule has 7 nitrogen and oxygen atoms in total. The maximum absolute atomic E-state index is 12.7. The molecule has 0 fully saturated rings. The highest BCUT2D eigenvalue weighted by Crippen LogP contribution is 2.42. The summed E-state index contributed by atoms with van der Waals surface area (Å²) in [7, 11) is 0. The Balaban J connectivity index is 1.98. The van der Waals surface area contributed by atoms with Gasteiger partial charge in [-0.3, -0.25) is 19.3 Å². The van der Waals surface area contributed by atoms with Gasteiger partial charge in [-0.1, -0.05) is 18.2 Å². The number of amides is 2. The molecule has 7 heteroatoms. The fourth-order valence-electron chi connectivity index (χ4n) is 2.89. The van der Waals surface area contributed by atoms with Crippen LogP contribution in [0.4, 0.5) is 5.69 Å². The van der Waals surface area contributed by atoms with Gasteiger partial charge in [-0.15, -0.1) is 0 Å². The topological polar surface area (TPSA) is 114 Å². The monoisotopic (exact) mass is 328 g/mol. The maximum atomic E-state index is 12.7. The minimum Gasteiger partial charge on any atom is -0.458 e. The smallest absolute Gasteiger partial charge is 0.264 e. The van der Waals surface area contributed by atoms with Gasteiger partial charge >= 0.3 is 0 Å². The molecule has 124 valence electrons. The van der Waals surface area contributed by atoms with Gasteiger partial charge in [-0.2, -0.15) is 0 Å². The van der Waals surface area contributed by atoms with E-state index in [0.29, 0.717) is 11.4 Å². The van der Waals surface area contributed by atoms with Crippen LogP contribution in [0, 0.1) is 6.92 Å². The molecule has 3 N–H and O–H groups in total. The van der Waals surface area contributed by atoms with Crippen molar-refractivity contribution in [1.82, 2.24) is 0 Å². The van der Waals surface area contributed by atoms with E-state index in [2.05, 4.69) is 0 Å². The first-order chi connectivity index (χ1) is 11.3. The van der Waals surface area contributed by atoms with Crippen molar-refractivity contribution in [2.24, 2.45) is 5.73 Å². The fourth-order valence-corrected chi connectivity index (χ4v) is 2.89. The quantitative estimate of drug-likeness (QED) is 0.791. The van der Waals surface area contributed by atoms with Crippen LogP contribution in [-0.4, -0.2) is 29.2 Å². The summed E-state index contributed by atoms with van der Waals surface area (Å²) in [6.45, 7) is 1.32. The Morgan fingerprint density at radius 2 is 1.96 bits per heavy atom. The molecule has 1 aliphatic rings. The molecular formula is C17H16N2O5. The van der Waals surface area contributed by atoms with Crippen molar-refractivity contribution in [1.29, 1.82) is 0 Å². The fraction of sp³-hybridized carbons (Fsp3) is 0.235. The molecule has 2 amide bonds. The van der Waals surface area contributed by atoms with Gasteiger partial charge in [-0.05, 0) is 25.1 Å². The highest BCUT2D eigenvalue weighted by Gasteiger charge is 2.51. The minimum atomic E-state index is -2.05. The van der Waals surface area contributed by atoms with E-state index in [1.54, 1.807) is 37.3 Å². The molecule has 1 atom stereocenters. The zero-order valence-corrected chi connectivity index (χ0v) is 13.0. The SMILES string of the molecule is Cc1ccc(C(=O)CC2(O)C(=O)N(CC(N)=O)c3ccccc32)o1. The Bertz CT molecular complexity index is 841. The zero-order chi connectivity index (χ0) is 17.5. The zero-order valence-electron chi connectivity index (χ0n) is 13.0. The standard InChI is InChI=1S/C17H16N2O5/c1-10-6-7-14(24-10)13(20)8-17(23)11-4-2-3-5-12(11)19(16(17)22)9-15(18)21/h2-7,23H,8-9H2,1H3,(H2,18,21). The number of nitrogens with two attached hydrogens (primary N) is 1. The molecule has 3 rings (SSSR count). The van der Waals surface area contributed by atoms with Gasteiger partial charge in [0.15, 0.2) is 11.4 Å². The Morgan fingerprint density at radius 3 is 2.58 bits per heavy atom. The Labute approximate surface area is 137 Å². The molecule has 0 aliphatic carbocycles. The number of para-hydroxylation sites is 1. The van der Waals surface area contributed by atoms with Crippen molar-refractivity contribution in [3.05, 3.63) is 53.5 Å². The van der Waals surface area contributed by atoms with E-state index in [0.717, 1.165) is 4.90 Å². The van der Waals surface area contributed by atoms with E-state index in [1.807, 2.05) is 0 Å². The van der Waals surface area contributed by atoms with Gasteiger partial charge in [0.25, 0.3) is 5.91 Å². The Kier molecular flexibility index (Phi) is 3.73. The second-order valence-corrected chi connectivity index (χ2v) is 5.75. The van der Waals surface area contributed by atoms with Crippen molar-refractivity contribution in [3.8, 4) is 0 Å². The van der Waals surface area contributed by atoms with Crippen molar-refractivity contribution < 1.29 is 23.9 Å². The first-order valence-corrected chi connectivity index (χ1v) is 7.35. The molecule has 1 aromatic carbocycles. The lowest BCUT2D eigenvalue weighted by molar-refractivity contribution is -0.136. The highest BCUT2D eigenvalue weighted by atomic mass is 16.3. The number of aliphatic hydroxyl groups is 1. The van der Waals surface area contributed by atoms with Crippen LogP contribution in [0.25, 0.3) is 0 Å². The molecular weight excluding hydrogens is 312 g/mol. The summed E-state index contributed by atoms with van der Waals surface area (Å²) in [5.74, 6) is -1.34. The third kappa shape index (κ3) is 2.48. The first-order valence-electron chi connectivity index (χ1n) is 7.35. The average molecular weight is 328 g/mol. The van der Waals surface area contributed by atoms with Crippen LogP contribution in [0.5, 0.6) is 0 Å². The molecule has 24 heavy (non-hydrogen) atoms. The summed E-state index contributed by atoms with van der Waals surface area (Å²) < 4.78 is 5.26. The highest BCUT2D eigenvalue weighted by molar-refractivity contribution is 6.12. The molecule has 1 aromatic heterocycles. The van der Waals surface area contributed by atoms with Gasteiger partial charge in [0.1, 0.15) is 12.3 Å². The second kappa shape index (κ2) is 5.61. The number of rotatable bonds is 5. The normalized spacial score (nSPS) is 19.4. The van der Waals surface area contributed by atoms with E-state index in [9.17, 15) is 19.5 Å². The van der Waals surface area contributed by atoms with Gasteiger partial charge < -0.3 is 15.3 Å². The summed E-state index contributed by atoms with van der Waals surface area (Å²) in [5.41, 5.74) is 3.77. The third-order valence-corrected chi connectivity index (χ3v) is 3.98. The summed E-state index contributed by atoms with van der Waals surface area (Å²) >= 11 is 0. The van der Waals surface area contributed by atoms with E-state index in [-0.39, 0.29) is 17.9 Å². The lowest BCUT2D eigenvalue weighted by atomic mass is 9.89. The maximum Gasteiger partial charge on any atom is 0.264 e. The number of carbonyl (C=O) groups excluding carboxylic acids is 3. The molecule has 2 aromatic rings. The van der Waals surface area contributed by atoms with Crippen molar-refractivity contribution in [2.45, 2.75) is 18.9 Å². The summed E-state index contributed by atoms with van der Waals surface area (Å²) in [6.07, 6.45) is -0.481. The van der Waals surface area contributed by atoms with Crippen molar-refractivity contribution in [2.75, 3.05) is 11.4 Å². The first kappa shape index (κ1) is 15.9. The number of Topliss-reactive ketones (excluding diaryl/α,β-unsaturated/α-hetero) is 1. The number of primary amides is 1. The summed E-state index contributed by atoms with van der Waals surface area (Å²) in [5, 5.41) is 10.9. The average Bonchev–Trinajstić information content (AvgIpc) is 3.05. The number of carbonyl (C=O) groups is 3. The van der Waals surface area contributed by atoms with Gasteiger partial charge in [-0.25, -0.2) is 0 Å². The van der Waals surface area contributed by atoms with Crippen LogP contribution in [0.2, 0.25) is 0 Å². The minimum absolute atomic E-state index is 0.0690.